The van der Waals surface area contributed by atoms with Crippen LogP contribution in [-0.2, 0) is 0 Å². The second kappa shape index (κ2) is 7.18. The van der Waals surface area contributed by atoms with Crippen LogP contribution in [0.2, 0.25) is 5.02 Å². The third kappa shape index (κ3) is 4.40. The fourth-order valence-electron chi connectivity index (χ4n) is 1.97. The van der Waals surface area contributed by atoms with Gasteiger partial charge in [0.05, 0.1) is 11.8 Å². The number of ether oxygens (including phenoxy) is 1. The van der Waals surface area contributed by atoms with Crippen molar-refractivity contribution in [3.05, 3.63) is 53.1 Å². The third-order valence-corrected chi connectivity index (χ3v) is 3.17. The maximum Gasteiger partial charge on any atom is 0.323 e. The van der Waals surface area contributed by atoms with Crippen LogP contribution in [0, 0.1) is 6.92 Å². The quantitative estimate of drug-likeness (QED) is 0.826. The first-order valence-corrected chi connectivity index (χ1v) is 7.43. The van der Waals surface area contributed by atoms with Crippen LogP contribution >= 0.6 is 11.6 Å². The standard InChI is InChI=1S/C17H19ClN2O2/c1-11(2)22-16-7-5-4-6-15(16)20-17(21)19-14-9-8-13(18)10-12(14)3/h4-11H,1-3H3,(H2,19,20,21). The SMILES string of the molecule is Cc1cc(Cl)ccc1NC(=O)Nc1ccccc1OC(C)C. The zero-order chi connectivity index (χ0) is 16.1. The van der Waals surface area contributed by atoms with Crippen molar-refractivity contribution in [3.8, 4) is 5.75 Å². The highest BCUT2D eigenvalue weighted by atomic mass is 35.5. The van der Waals surface area contributed by atoms with E-state index in [1.165, 1.54) is 0 Å². The van der Waals surface area contributed by atoms with Crippen LogP contribution < -0.4 is 15.4 Å². The molecule has 4 nitrogen and oxygen atoms in total. The molecule has 0 aromatic heterocycles. The van der Waals surface area contributed by atoms with E-state index in [1.807, 2.05) is 39.0 Å². The van der Waals surface area contributed by atoms with Gasteiger partial charge in [-0.2, -0.15) is 0 Å². The third-order valence-electron chi connectivity index (χ3n) is 2.93. The number of hydrogen-bond acceptors (Lipinski definition) is 2. The maximum absolute atomic E-state index is 12.1. The van der Waals surface area contributed by atoms with E-state index in [4.69, 9.17) is 16.3 Å². The molecule has 0 atom stereocenters. The number of hydrogen-bond donors (Lipinski definition) is 2. The van der Waals surface area contributed by atoms with Crippen molar-refractivity contribution in [2.24, 2.45) is 0 Å². The minimum absolute atomic E-state index is 0.0320. The predicted molar refractivity (Wildman–Crippen MR) is 91.0 cm³/mol. The molecule has 0 aliphatic rings. The van der Waals surface area contributed by atoms with E-state index in [0.29, 0.717) is 22.1 Å². The van der Waals surface area contributed by atoms with Gasteiger partial charge in [-0.3, -0.25) is 0 Å². The second-order valence-electron chi connectivity index (χ2n) is 5.20. The van der Waals surface area contributed by atoms with Crippen LogP contribution in [0.5, 0.6) is 5.75 Å². The Morgan fingerprint density at radius 1 is 1.09 bits per heavy atom. The van der Waals surface area contributed by atoms with Crippen molar-refractivity contribution < 1.29 is 9.53 Å². The van der Waals surface area contributed by atoms with Gasteiger partial charge < -0.3 is 15.4 Å². The first kappa shape index (κ1) is 16.2. The molecule has 2 aromatic rings. The Hall–Kier alpha value is -2.20. The Kier molecular flexibility index (Phi) is 5.28. The lowest BCUT2D eigenvalue weighted by Crippen LogP contribution is -2.20. The van der Waals surface area contributed by atoms with E-state index in [2.05, 4.69) is 10.6 Å². The number of amides is 2. The lowest BCUT2D eigenvalue weighted by Gasteiger charge is -2.15. The zero-order valence-electron chi connectivity index (χ0n) is 12.8. The summed E-state index contributed by atoms with van der Waals surface area (Å²) in [4.78, 5) is 12.1. The number of carbonyl (C=O) groups is 1. The number of urea groups is 1. The molecule has 2 amide bonds. The van der Waals surface area contributed by atoms with Gasteiger partial charge >= 0.3 is 6.03 Å². The summed E-state index contributed by atoms with van der Waals surface area (Å²) in [7, 11) is 0. The van der Waals surface area contributed by atoms with E-state index in [-0.39, 0.29) is 12.1 Å². The van der Waals surface area contributed by atoms with E-state index in [0.717, 1.165) is 5.56 Å². The first-order chi connectivity index (χ1) is 10.5. The molecule has 0 saturated carbocycles. The van der Waals surface area contributed by atoms with Gasteiger partial charge in [0.2, 0.25) is 0 Å². The topological polar surface area (TPSA) is 50.4 Å². The average Bonchev–Trinajstić information content (AvgIpc) is 2.43. The van der Waals surface area contributed by atoms with Crippen LogP contribution in [0.15, 0.2) is 42.5 Å². The molecule has 0 saturated heterocycles. The van der Waals surface area contributed by atoms with Crippen molar-refractivity contribution >= 4 is 29.0 Å². The number of nitrogens with one attached hydrogen (secondary N) is 2. The van der Waals surface area contributed by atoms with E-state index in [9.17, 15) is 4.79 Å². The van der Waals surface area contributed by atoms with Gasteiger partial charge in [0.1, 0.15) is 5.75 Å². The van der Waals surface area contributed by atoms with Crippen molar-refractivity contribution in [1.29, 1.82) is 0 Å². The smallest absolute Gasteiger partial charge is 0.323 e. The molecule has 2 N–H and O–H groups in total. The minimum atomic E-state index is -0.328. The molecule has 0 fully saturated rings. The second-order valence-corrected chi connectivity index (χ2v) is 5.64. The number of carbonyl (C=O) groups excluding carboxylic acids is 1. The summed E-state index contributed by atoms with van der Waals surface area (Å²) in [5, 5.41) is 6.24. The van der Waals surface area contributed by atoms with Gasteiger partial charge in [0, 0.05) is 10.7 Å². The number of halogens is 1. The molecule has 0 aliphatic carbocycles. The fraction of sp³-hybridized carbons (Fsp3) is 0.235. The zero-order valence-corrected chi connectivity index (χ0v) is 13.6. The van der Waals surface area contributed by atoms with Gasteiger partial charge in [-0.05, 0) is 56.7 Å². The van der Waals surface area contributed by atoms with Crippen LogP contribution in [0.3, 0.4) is 0 Å². The first-order valence-electron chi connectivity index (χ1n) is 7.05. The summed E-state index contributed by atoms with van der Waals surface area (Å²) in [5.74, 6) is 0.639. The van der Waals surface area contributed by atoms with Crippen molar-refractivity contribution in [2.45, 2.75) is 26.9 Å². The molecule has 2 rings (SSSR count). The molecule has 0 radical (unpaired) electrons. The summed E-state index contributed by atoms with van der Waals surface area (Å²) < 4.78 is 5.68. The lowest BCUT2D eigenvalue weighted by molar-refractivity contribution is 0.243. The molecule has 0 spiro atoms. The molecule has 5 heteroatoms. The van der Waals surface area contributed by atoms with E-state index < -0.39 is 0 Å². The number of anilines is 2. The molecule has 116 valence electrons. The van der Waals surface area contributed by atoms with Gasteiger partial charge in [-0.1, -0.05) is 23.7 Å². The van der Waals surface area contributed by atoms with E-state index in [1.54, 1.807) is 24.3 Å². The molecule has 22 heavy (non-hydrogen) atoms. The van der Waals surface area contributed by atoms with Gasteiger partial charge in [0.15, 0.2) is 0 Å². The minimum Gasteiger partial charge on any atom is -0.489 e. The highest BCUT2D eigenvalue weighted by Gasteiger charge is 2.10. The summed E-state index contributed by atoms with van der Waals surface area (Å²) in [6.45, 7) is 5.76. The molecule has 2 aromatic carbocycles. The highest BCUT2D eigenvalue weighted by molar-refractivity contribution is 6.30. The summed E-state index contributed by atoms with van der Waals surface area (Å²) in [6, 6.07) is 12.3. The lowest BCUT2D eigenvalue weighted by atomic mass is 10.2. The molecular weight excluding hydrogens is 300 g/mol. The van der Waals surface area contributed by atoms with Gasteiger partial charge in [-0.15, -0.1) is 0 Å². The van der Waals surface area contributed by atoms with Gasteiger partial charge in [-0.25, -0.2) is 4.79 Å². The van der Waals surface area contributed by atoms with Crippen molar-refractivity contribution in [3.63, 3.8) is 0 Å². The highest BCUT2D eigenvalue weighted by Crippen LogP contribution is 2.25. The Bertz CT molecular complexity index is 671. The summed E-state index contributed by atoms with van der Waals surface area (Å²) >= 11 is 5.91. The monoisotopic (exact) mass is 318 g/mol. The van der Waals surface area contributed by atoms with Crippen LogP contribution in [0.1, 0.15) is 19.4 Å². The molecular formula is C17H19ClN2O2. The number of rotatable bonds is 4. The summed E-state index contributed by atoms with van der Waals surface area (Å²) in [5.41, 5.74) is 2.24. The van der Waals surface area contributed by atoms with Crippen LogP contribution in [0.25, 0.3) is 0 Å². The Balaban J connectivity index is 2.09. The maximum atomic E-state index is 12.1. The summed E-state index contributed by atoms with van der Waals surface area (Å²) in [6.07, 6.45) is 0.0320. The van der Waals surface area contributed by atoms with Crippen molar-refractivity contribution in [1.82, 2.24) is 0 Å². The predicted octanol–water partition coefficient (Wildman–Crippen LogP) is 5.08. The number of aryl methyl sites for hydroxylation is 1. The largest absolute Gasteiger partial charge is 0.489 e. The Morgan fingerprint density at radius 3 is 2.45 bits per heavy atom. The van der Waals surface area contributed by atoms with Crippen molar-refractivity contribution in [2.75, 3.05) is 10.6 Å². The van der Waals surface area contributed by atoms with Crippen LogP contribution in [0.4, 0.5) is 16.2 Å². The molecule has 0 bridgehead atoms. The van der Waals surface area contributed by atoms with E-state index >= 15 is 0 Å². The fourth-order valence-corrected chi connectivity index (χ4v) is 2.20. The van der Waals surface area contributed by atoms with Crippen LogP contribution in [-0.4, -0.2) is 12.1 Å². The number of para-hydroxylation sites is 2. The average molecular weight is 319 g/mol. The molecule has 0 unspecified atom stereocenters. The Morgan fingerprint density at radius 2 is 1.77 bits per heavy atom. The normalized spacial score (nSPS) is 10.4. The molecule has 0 heterocycles. The number of benzene rings is 2. The van der Waals surface area contributed by atoms with Gasteiger partial charge in [0.25, 0.3) is 0 Å². The molecule has 0 aliphatic heterocycles. The Labute approximate surface area is 135 Å².